The Morgan fingerprint density at radius 1 is 1.32 bits per heavy atom. The van der Waals surface area contributed by atoms with Crippen LogP contribution in [0.1, 0.15) is 12.0 Å². The van der Waals surface area contributed by atoms with Gasteiger partial charge in [-0.15, -0.1) is 11.6 Å². The molecule has 0 radical (unpaired) electrons. The molecule has 0 saturated carbocycles. The van der Waals surface area contributed by atoms with Gasteiger partial charge in [-0.25, -0.2) is 17.2 Å². The van der Waals surface area contributed by atoms with Crippen LogP contribution in [0.2, 0.25) is 0 Å². The lowest BCUT2D eigenvalue weighted by atomic mass is 9.88. The number of alkyl halides is 1. The molecule has 2 rings (SSSR count). The average Bonchev–Trinajstić information content (AvgIpc) is 2.71. The van der Waals surface area contributed by atoms with Crippen molar-refractivity contribution in [3.63, 3.8) is 0 Å². The summed E-state index contributed by atoms with van der Waals surface area (Å²) in [6, 6.07) is 3.75. The molecule has 1 saturated heterocycles. The van der Waals surface area contributed by atoms with Gasteiger partial charge in [-0.1, -0.05) is 6.07 Å². The Balaban J connectivity index is 2.09. The summed E-state index contributed by atoms with van der Waals surface area (Å²) in [6.45, 7) is 0. The molecule has 2 unspecified atom stereocenters. The molecular formula is C13H15ClF2O2S. The van der Waals surface area contributed by atoms with Gasteiger partial charge in [0.15, 0.2) is 21.5 Å². The van der Waals surface area contributed by atoms with Gasteiger partial charge in [-0.2, -0.15) is 0 Å². The van der Waals surface area contributed by atoms with Crippen LogP contribution in [-0.2, 0) is 16.3 Å². The first-order valence-corrected chi connectivity index (χ1v) is 8.47. The molecule has 2 nitrogen and oxygen atoms in total. The van der Waals surface area contributed by atoms with Crippen LogP contribution in [-0.4, -0.2) is 25.8 Å². The zero-order valence-corrected chi connectivity index (χ0v) is 11.9. The van der Waals surface area contributed by atoms with Gasteiger partial charge in [0.25, 0.3) is 0 Å². The molecule has 0 aromatic heterocycles. The number of sulfone groups is 1. The van der Waals surface area contributed by atoms with Gasteiger partial charge in [-0.3, -0.25) is 0 Å². The van der Waals surface area contributed by atoms with E-state index in [9.17, 15) is 17.2 Å². The van der Waals surface area contributed by atoms with Crippen molar-refractivity contribution in [1.82, 2.24) is 0 Å². The second-order valence-corrected chi connectivity index (χ2v) is 7.57. The molecule has 1 aromatic carbocycles. The fourth-order valence-corrected chi connectivity index (χ4v) is 4.79. The maximum Gasteiger partial charge on any atom is 0.159 e. The quantitative estimate of drug-likeness (QED) is 0.802. The molecule has 1 aliphatic heterocycles. The van der Waals surface area contributed by atoms with E-state index in [4.69, 9.17) is 11.6 Å². The van der Waals surface area contributed by atoms with E-state index in [1.54, 1.807) is 0 Å². The first-order chi connectivity index (χ1) is 8.91. The molecule has 106 valence electrons. The van der Waals surface area contributed by atoms with Crippen LogP contribution in [0.4, 0.5) is 8.78 Å². The lowest BCUT2D eigenvalue weighted by molar-refractivity contribution is 0.396. The number of rotatable bonds is 4. The van der Waals surface area contributed by atoms with Gasteiger partial charge in [0, 0.05) is 5.88 Å². The Morgan fingerprint density at radius 2 is 2.05 bits per heavy atom. The molecule has 0 amide bonds. The average molecular weight is 309 g/mol. The van der Waals surface area contributed by atoms with Gasteiger partial charge < -0.3 is 0 Å². The molecule has 0 N–H and O–H groups in total. The highest BCUT2D eigenvalue weighted by atomic mass is 35.5. The molecule has 1 heterocycles. The normalized spacial score (nSPS) is 23.4. The maximum atomic E-state index is 13.1. The highest BCUT2D eigenvalue weighted by molar-refractivity contribution is 7.91. The van der Waals surface area contributed by atoms with E-state index in [1.807, 2.05) is 0 Å². The lowest BCUT2D eigenvalue weighted by Gasteiger charge is -2.20. The van der Waals surface area contributed by atoms with Crippen LogP contribution >= 0.6 is 11.6 Å². The van der Waals surface area contributed by atoms with Crippen molar-refractivity contribution in [3.05, 3.63) is 35.4 Å². The first kappa shape index (κ1) is 14.7. The zero-order valence-electron chi connectivity index (χ0n) is 10.3. The molecule has 1 aliphatic rings. The predicted octanol–water partition coefficient (Wildman–Crippen LogP) is 2.80. The molecule has 2 atom stereocenters. The topological polar surface area (TPSA) is 34.1 Å². The number of hydrogen-bond donors (Lipinski definition) is 0. The fourth-order valence-electron chi connectivity index (χ4n) is 2.51. The Bertz CT molecular complexity index is 560. The zero-order chi connectivity index (χ0) is 14.0. The number of halogens is 3. The summed E-state index contributed by atoms with van der Waals surface area (Å²) in [7, 11) is -2.95. The van der Waals surface area contributed by atoms with E-state index in [0.717, 1.165) is 12.1 Å². The Hall–Kier alpha value is -0.680. The predicted molar refractivity (Wildman–Crippen MR) is 71.0 cm³/mol. The summed E-state index contributed by atoms with van der Waals surface area (Å²) in [5.41, 5.74) is 0.647. The van der Waals surface area contributed by atoms with E-state index >= 15 is 0 Å². The van der Waals surface area contributed by atoms with Gasteiger partial charge in [0.1, 0.15) is 0 Å². The van der Waals surface area contributed by atoms with Crippen molar-refractivity contribution >= 4 is 21.4 Å². The van der Waals surface area contributed by atoms with E-state index in [2.05, 4.69) is 0 Å². The van der Waals surface area contributed by atoms with Crippen molar-refractivity contribution in [2.45, 2.75) is 12.8 Å². The SMILES string of the molecule is O=S1(=O)CCC(C(CCl)Cc2ccc(F)c(F)c2)C1. The fraction of sp³-hybridized carbons (Fsp3) is 0.538. The second-order valence-electron chi connectivity index (χ2n) is 5.03. The van der Waals surface area contributed by atoms with Gasteiger partial charge >= 0.3 is 0 Å². The van der Waals surface area contributed by atoms with Crippen molar-refractivity contribution in [1.29, 1.82) is 0 Å². The van der Waals surface area contributed by atoms with Crippen LogP contribution in [0, 0.1) is 23.5 Å². The van der Waals surface area contributed by atoms with Gasteiger partial charge in [0.05, 0.1) is 11.5 Å². The van der Waals surface area contributed by atoms with E-state index in [-0.39, 0.29) is 23.3 Å². The Labute approximate surface area is 116 Å². The summed E-state index contributed by atoms with van der Waals surface area (Å²) in [5, 5.41) is 0. The molecule has 19 heavy (non-hydrogen) atoms. The molecule has 0 aliphatic carbocycles. The minimum atomic E-state index is -2.95. The van der Waals surface area contributed by atoms with Crippen LogP contribution in [0.25, 0.3) is 0 Å². The van der Waals surface area contributed by atoms with Gasteiger partial charge in [-0.05, 0) is 42.4 Å². The second kappa shape index (κ2) is 5.75. The summed E-state index contributed by atoms with van der Waals surface area (Å²) in [4.78, 5) is 0. The molecule has 1 fully saturated rings. The number of benzene rings is 1. The Morgan fingerprint density at radius 3 is 2.58 bits per heavy atom. The van der Waals surface area contributed by atoms with E-state index in [1.165, 1.54) is 6.07 Å². The highest BCUT2D eigenvalue weighted by Crippen LogP contribution is 2.29. The minimum absolute atomic E-state index is 0.00983. The minimum Gasteiger partial charge on any atom is -0.229 e. The summed E-state index contributed by atoms with van der Waals surface area (Å²) in [6.07, 6.45) is 1.07. The van der Waals surface area contributed by atoms with E-state index < -0.39 is 21.5 Å². The summed E-state index contributed by atoms with van der Waals surface area (Å²) < 4.78 is 48.9. The Kier molecular flexibility index (Phi) is 4.46. The molecule has 6 heteroatoms. The highest BCUT2D eigenvalue weighted by Gasteiger charge is 2.33. The maximum absolute atomic E-state index is 13.1. The third kappa shape index (κ3) is 3.66. The summed E-state index contributed by atoms with van der Waals surface area (Å²) >= 11 is 5.90. The third-order valence-electron chi connectivity index (χ3n) is 3.61. The van der Waals surface area contributed by atoms with Gasteiger partial charge in [0.2, 0.25) is 0 Å². The van der Waals surface area contributed by atoms with E-state index in [0.29, 0.717) is 24.3 Å². The standard InChI is InChI=1S/C13H15ClF2O2S/c14-7-11(10-3-4-19(17,18)8-10)5-9-1-2-12(15)13(16)6-9/h1-2,6,10-11H,3-5,7-8H2. The lowest BCUT2D eigenvalue weighted by Crippen LogP contribution is -2.20. The first-order valence-electron chi connectivity index (χ1n) is 6.11. The third-order valence-corrected chi connectivity index (χ3v) is 5.80. The van der Waals surface area contributed by atoms with Crippen molar-refractivity contribution in [2.75, 3.05) is 17.4 Å². The molecule has 0 bridgehead atoms. The van der Waals surface area contributed by atoms with Crippen molar-refractivity contribution in [3.8, 4) is 0 Å². The monoisotopic (exact) mass is 308 g/mol. The van der Waals surface area contributed by atoms with Crippen molar-refractivity contribution < 1.29 is 17.2 Å². The van der Waals surface area contributed by atoms with Crippen LogP contribution in [0.15, 0.2) is 18.2 Å². The molecule has 0 spiro atoms. The van der Waals surface area contributed by atoms with Crippen LogP contribution < -0.4 is 0 Å². The largest absolute Gasteiger partial charge is 0.229 e. The summed E-state index contributed by atoms with van der Waals surface area (Å²) in [5.74, 6) is -1.12. The van der Waals surface area contributed by atoms with Crippen molar-refractivity contribution in [2.24, 2.45) is 11.8 Å². The smallest absolute Gasteiger partial charge is 0.159 e. The van der Waals surface area contributed by atoms with Crippen LogP contribution in [0.3, 0.4) is 0 Å². The molecule has 1 aromatic rings. The molecular weight excluding hydrogens is 294 g/mol. The van der Waals surface area contributed by atoms with Crippen LogP contribution in [0.5, 0.6) is 0 Å². The number of hydrogen-bond acceptors (Lipinski definition) is 2.